The second-order valence-corrected chi connectivity index (χ2v) is 8.70. The molecule has 1 aromatic heterocycles. The van der Waals surface area contributed by atoms with Crippen molar-refractivity contribution in [3.63, 3.8) is 0 Å². The monoisotopic (exact) mass is 420 g/mol. The summed E-state index contributed by atoms with van der Waals surface area (Å²) in [6.45, 7) is 0.515. The van der Waals surface area contributed by atoms with E-state index in [0.717, 1.165) is 27.7 Å². The van der Waals surface area contributed by atoms with Gasteiger partial charge in [-0.05, 0) is 42.0 Å². The van der Waals surface area contributed by atoms with Crippen molar-refractivity contribution < 1.29 is 4.79 Å². The number of aromatic nitrogens is 1. The quantitative estimate of drug-likeness (QED) is 0.382. The molecule has 1 saturated carbocycles. The lowest BCUT2D eigenvalue weighted by atomic mass is 9.84. The van der Waals surface area contributed by atoms with Gasteiger partial charge in [0.25, 0.3) is 5.91 Å². The summed E-state index contributed by atoms with van der Waals surface area (Å²) in [5, 5.41) is 3.99. The van der Waals surface area contributed by atoms with Gasteiger partial charge in [0.05, 0.1) is 16.8 Å². The molecule has 32 heavy (non-hydrogen) atoms. The van der Waals surface area contributed by atoms with Crippen LogP contribution in [0.4, 0.5) is 0 Å². The van der Waals surface area contributed by atoms with Gasteiger partial charge in [-0.15, -0.1) is 0 Å². The average molecular weight is 421 g/mol. The lowest BCUT2D eigenvalue weighted by Crippen LogP contribution is -2.23. The lowest BCUT2D eigenvalue weighted by Gasteiger charge is -2.22. The van der Waals surface area contributed by atoms with Crippen LogP contribution < -0.4 is 5.32 Å². The molecule has 1 aliphatic carbocycles. The molecule has 3 heteroatoms. The van der Waals surface area contributed by atoms with Crippen LogP contribution in [-0.4, -0.2) is 10.9 Å². The Morgan fingerprint density at radius 3 is 2.34 bits per heavy atom. The minimum Gasteiger partial charge on any atom is -0.348 e. The molecule has 0 radical (unpaired) electrons. The molecule has 1 amide bonds. The minimum atomic E-state index is -0.0721. The number of hydrogen-bond acceptors (Lipinski definition) is 2. The van der Waals surface area contributed by atoms with Crippen LogP contribution in [0.5, 0.6) is 0 Å². The van der Waals surface area contributed by atoms with E-state index in [-0.39, 0.29) is 5.91 Å². The Hall–Kier alpha value is -3.46. The number of nitrogens with zero attached hydrogens (tertiary/aromatic N) is 1. The number of carbonyl (C=O) groups excluding carboxylic acids is 1. The first-order chi connectivity index (χ1) is 15.8. The van der Waals surface area contributed by atoms with Gasteiger partial charge in [0.1, 0.15) is 0 Å². The normalized spacial score (nSPS) is 14.4. The molecule has 0 spiro atoms. The number of fused-ring (bicyclic) bond motifs is 1. The summed E-state index contributed by atoms with van der Waals surface area (Å²) in [6.07, 6.45) is 6.65. The Morgan fingerprint density at radius 2 is 1.56 bits per heavy atom. The van der Waals surface area contributed by atoms with Gasteiger partial charge in [-0.2, -0.15) is 0 Å². The Labute approximate surface area is 189 Å². The summed E-state index contributed by atoms with van der Waals surface area (Å²) in [5.41, 5.74) is 5.87. The van der Waals surface area contributed by atoms with Crippen molar-refractivity contribution >= 4 is 16.8 Å². The maximum Gasteiger partial charge on any atom is 0.252 e. The number of rotatable bonds is 5. The molecule has 0 atom stereocenters. The highest BCUT2D eigenvalue weighted by atomic mass is 16.1. The fourth-order valence-corrected chi connectivity index (χ4v) is 4.74. The van der Waals surface area contributed by atoms with Crippen LogP contribution in [0.2, 0.25) is 0 Å². The molecule has 1 N–H and O–H groups in total. The summed E-state index contributed by atoms with van der Waals surface area (Å²) >= 11 is 0. The molecule has 1 fully saturated rings. The molecule has 3 aromatic carbocycles. The first-order valence-corrected chi connectivity index (χ1v) is 11.6. The van der Waals surface area contributed by atoms with E-state index in [9.17, 15) is 4.79 Å². The van der Waals surface area contributed by atoms with Crippen molar-refractivity contribution in [1.29, 1.82) is 0 Å². The highest BCUT2D eigenvalue weighted by Gasteiger charge is 2.16. The fraction of sp³-hybridized carbons (Fsp3) is 0.241. The number of carbonyl (C=O) groups is 1. The van der Waals surface area contributed by atoms with Crippen LogP contribution in [0.3, 0.4) is 0 Å². The van der Waals surface area contributed by atoms with Crippen LogP contribution in [0.15, 0.2) is 84.9 Å². The Balaban J connectivity index is 1.35. The molecule has 0 saturated heterocycles. The maximum atomic E-state index is 13.2. The van der Waals surface area contributed by atoms with E-state index in [1.807, 2.05) is 60.7 Å². The third kappa shape index (κ3) is 4.43. The summed E-state index contributed by atoms with van der Waals surface area (Å²) in [6, 6.07) is 28.5. The van der Waals surface area contributed by atoms with E-state index in [1.165, 1.54) is 37.7 Å². The number of amides is 1. The van der Waals surface area contributed by atoms with Crippen LogP contribution in [0.1, 0.15) is 59.5 Å². The molecule has 3 nitrogen and oxygen atoms in total. The van der Waals surface area contributed by atoms with E-state index in [1.54, 1.807) is 0 Å². The molecule has 5 rings (SSSR count). The van der Waals surface area contributed by atoms with E-state index in [0.29, 0.717) is 18.0 Å². The largest absolute Gasteiger partial charge is 0.348 e. The zero-order valence-electron chi connectivity index (χ0n) is 18.3. The molecular weight excluding hydrogens is 392 g/mol. The maximum absolute atomic E-state index is 13.2. The van der Waals surface area contributed by atoms with Crippen LogP contribution in [0, 0.1) is 0 Å². The predicted molar refractivity (Wildman–Crippen MR) is 131 cm³/mol. The van der Waals surface area contributed by atoms with Crippen molar-refractivity contribution in [2.45, 2.75) is 44.6 Å². The van der Waals surface area contributed by atoms with Gasteiger partial charge in [-0.3, -0.25) is 4.79 Å². The number of para-hydroxylation sites is 1. The number of nitrogens with one attached hydrogen (secondary N) is 1. The van der Waals surface area contributed by atoms with Crippen LogP contribution in [-0.2, 0) is 6.54 Å². The van der Waals surface area contributed by atoms with Crippen LogP contribution in [0.25, 0.3) is 22.2 Å². The van der Waals surface area contributed by atoms with Gasteiger partial charge in [-0.25, -0.2) is 4.98 Å². The Bertz CT molecular complexity index is 1210. The molecule has 0 unspecified atom stereocenters. The predicted octanol–water partition coefficient (Wildman–Crippen LogP) is 6.88. The van der Waals surface area contributed by atoms with Gasteiger partial charge >= 0.3 is 0 Å². The SMILES string of the molecule is O=C(NCc1ccc(C2CCCCC2)cc1)c1cc(-c2ccccc2)nc2ccccc12. The minimum absolute atomic E-state index is 0.0721. The smallest absolute Gasteiger partial charge is 0.252 e. The molecule has 0 bridgehead atoms. The molecular formula is C29H28N2O. The molecule has 160 valence electrons. The van der Waals surface area contributed by atoms with Gasteiger partial charge in [0.2, 0.25) is 0 Å². The van der Waals surface area contributed by atoms with E-state index in [4.69, 9.17) is 4.98 Å². The third-order valence-electron chi connectivity index (χ3n) is 6.54. The van der Waals surface area contributed by atoms with Crippen molar-refractivity contribution in [3.8, 4) is 11.3 Å². The fourth-order valence-electron chi connectivity index (χ4n) is 4.74. The number of pyridine rings is 1. The van der Waals surface area contributed by atoms with Crippen molar-refractivity contribution in [3.05, 3.63) is 102 Å². The van der Waals surface area contributed by atoms with E-state index >= 15 is 0 Å². The topological polar surface area (TPSA) is 42.0 Å². The molecule has 1 heterocycles. The van der Waals surface area contributed by atoms with Crippen molar-refractivity contribution in [2.75, 3.05) is 0 Å². The summed E-state index contributed by atoms with van der Waals surface area (Å²) in [4.78, 5) is 18.0. The molecule has 4 aromatic rings. The zero-order chi connectivity index (χ0) is 21.8. The second kappa shape index (κ2) is 9.35. The van der Waals surface area contributed by atoms with Gasteiger partial charge in [0, 0.05) is 17.5 Å². The first kappa shape index (κ1) is 20.4. The lowest BCUT2D eigenvalue weighted by molar-refractivity contribution is 0.0952. The number of benzene rings is 3. The Kier molecular flexibility index (Phi) is 5.98. The van der Waals surface area contributed by atoms with E-state index in [2.05, 4.69) is 29.6 Å². The first-order valence-electron chi connectivity index (χ1n) is 11.6. The zero-order valence-corrected chi connectivity index (χ0v) is 18.3. The summed E-state index contributed by atoms with van der Waals surface area (Å²) in [7, 11) is 0. The summed E-state index contributed by atoms with van der Waals surface area (Å²) < 4.78 is 0. The summed E-state index contributed by atoms with van der Waals surface area (Å²) in [5.74, 6) is 0.629. The van der Waals surface area contributed by atoms with Crippen LogP contribution >= 0.6 is 0 Å². The standard InChI is InChI=1S/C29H28N2O/c32-29(30-20-21-15-17-23(18-16-21)22-9-3-1-4-10-22)26-19-28(24-11-5-2-6-12-24)31-27-14-8-7-13-25(26)27/h2,5-8,11-19,22H,1,3-4,9-10,20H2,(H,30,32). The average Bonchev–Trinajstić information content (AvgIpc) is 2.88. The van der Waals surface area contributed by atoms with Gasteiger partial charge in [0.15, 0.2) is 0 Å². The van der Waals surface area contributed by atoms with E-state index < -0.39 is 0 Å². The third-order valence-corrected chi connectivity index (χ3v) is 6.54. The number of hydrogen-bond donors (Lipinski definition) is 1. The molecule has 1 aliphatic rings. The highest BCUT2D eigenvalue weighted by molar-refractivity contribution is 6.07. The van der Waals surface area contributed by atoms with Crippen molar-refractivity contribution in [2.24, 2.45) is 0 Å². The Morgan fingerprint density at radius 1 is 0.844 bits per heavy atom. The second-order valence-electron chi connectivity index (χ2n) is 8.70. The van der Waals surface area contributed by atoms with Gasteiger partial charge in [-0.1, -0.05) is 92.1 Å². The highest BCUT2D eigenvalue weighted by Crippen LogP contribution is 2.32. The van der Waals surface area contributed by atoms with Gasteiger partial charge < -0.3 is 5.32 Å². The van der Waals surface area contributed by atoms with Crippen molar-refractivity contribution in [1.82, 2.24) is 10.3 Å². The molecule has 0 aliphatic heterocycles.